The van der Waals surface area contributed by atoms with Crippen LogP contribution >= 0.6 is 0 Å². The van der Waals surface area contributed by atoms with Gasteiger partial charge in [-0.3, -0.25) is 0 Å². The summed E-state index contributed by atoms with van der Waals surface area (Å²) < 4.78 is 17.8. The van der Waals surface area contributed by atoms with Crippen molar-refractivity contribution in [2.24, 2.45) is 0 Å². The Labute approximate surface area is 70.4 Å². The van der Waals surface area contributed by atoms with Gasteiger partial charge in [-0.15, -0.1) is 0 Å². The van der Waals surface area contributed by atoms with Crippen molar-refractivity contribution in [2.75, 3.05) is 7.11 Å². The number of methoxy groups -OCH3 is 1. The first-order chi connectivity index (χ1) is 5.77. The van der Waals surface area contributed by atoms with E-state index in [-0.39, 0.29) is 12.4 Å². The van der Waals surface area contributed by atoms with Crippen molar-refractivity contribution in [1.82, 2.24) is 0 Å². The van der Waals surface area contributed by atoms with Crippen LogP contribution in [0.5, 0.6) is 0 Å². The maximum atomic E-state index is 13.0. The molecule has 0 heterocycles. The minimum absolute atomic E-state index is 0.240. The second-order valence-corrected chi connectivity index (χ2v) is 2.32. The molecule has 62 valence electrons. The first-order valence-corrected chi connectivity index (χ1v) is 3.42. The molecule has 0 saturated heterocycles. The molecule has 0 atom stereocenters. The highest BCUT2D eigenvalue weighted by Gasteiger charge is 2.01. The van der Waals surface area contributed by atoms with Gasteiger partial charge < -0.3 is 4.74 Å². The molecule has 0 aromatic heterocycles. The van der Waals surface area contributed by atoms with E-state index in [1.54, 1.807) is 12.1 Å². The Morgan fingerprint density at radius 1 is 1.58 bits per heavy atom. The fraction of sp³-hybridized carbons (Fsp3) is 0.222. The number of ether oxygens (including phenoxy) is 1. The first kappa shape index (κ1) is 8.69. The van der Waals surface area contributed by atoms with Crippen LogP contribution in [-0.2, 0) is 11.3 Å². The smallest absolute Gasteiger partial charge is 0.190 e. The zero-order valence-corrected chi connectivity index (χ0v) is 6.67. The second-order valence-electron chi connectivity index (χ2n) is 2.32. The van der Waals surface area contributed by atoms with E-state index in [0.717, 1.165) is 0 Å². The van der Waals surface area contributed by atoms with Crippen LogP contribution in [0.1, 0.15) is 5.56 Å². The number of halogens is 1. The molecule has 0 amide bonds. The molecule has 0 aliphatic carbocycles. The van der Waals surface area contributed by atoms with E-state index in [9.17, 15) is 4.39 Å². The third-order valence-corrected chi connectivity index (χ3v) is 1.47. The van der Waals surface area contributed by atoms with E-state index in [2.05, 4.69) is 4.85 Å². The van der Waals surface area contributed by atoms with Crippen LogP contribution in [-0.4, -0.2) is 7.11 Å². The van der Waals surface area contributed by atoms with Crippen molar-refractivity contribution in [2.45, 2.75) is 6.61 Å². The number of nitrogens with zero attached hydrogens (tertiary/aromatic N) is 1. The summed E-state index contributed by atoms with van der Waals surface area (Å²) in [6, 6.07) is 4.35. The lowest BCUT2D eigenvalue weighted by molar-refractivity contribution is 0.181. The molecule has 0 saturated carbocycles. The summed E-state index contributed by atoms with van der Waals surface area (Å²) in [5.41, 5.74) is 0.789. The molecule has 12 heavy (non-hydrogen) atoms. The van der Waals surface area contributed by atoms with Crippen molar-refractivity contribution >= 4 is 5.69 Å². The van der Waals surface area contributed by atoms with Crippen LogP contribution < -0.4 is 0 Å². The van der Waals surface area contributed by atoms with Gasteiger partial charge in [0.25, 0.3) is 0 Å². The average molecular weight is 165 g/mol. The SMILES string of the molecule is [C-]#[N+]c1ccc(COC)c(F)c1. The second kappa shape index (κ2) is 3.84. The Morgan fingerprint density at radius 3 is 2.83 bits per heavy atom. The number of hydrogen-bond acceptors (Lipinski definition) is 1. The van der Waals surface area contributed by atoms with Crippen molar-refractivity contribution in [3.8, 4) is 0 Å². The number of benzene rings is 1. The highest BCUT2D eigenvalue weighted by atomic mass is 19.1. The van der Waals surface area contributed by atoms with Gasteiger partial charge in [-0.1, -0.05) is 12.1 Å². The summed E-state index contributed by atoms with van der Waals surface area (Å²) in [4.78, 5) is 3.10. The standard InChI is InChI=1S/C9H8FNO/c1-11-8-4-3-7(6-12-2)9(10)5-8/h3-5H,6H2,2H3. The van der Waals surface area contributed by atoms with Gasteiger partial charge in [0.05, 0.1) is 13.2 Å². The Kier molecular flexibility index (Phi) is 2.78. The Bertz CT molecular complexity index is 317. The largest absolute Gasteiger partial charge is 0.380 e. The van der Waals surface area contributed by atoms with Crippen LogP contribution in [0, 0.1) is 12.4 Å². The van der Waals surface area contributed by atoms with Gasteiger partial charge in [0.15, 0.2) is 5.69 Å². The molecular formula is C9H8FNO. The molecule has 0 aliphatic heterocycles. The Hall–Kier alpha value is -1.40. The molecule has 1 rings (SSSR count). The molecule has 2 nitrogen and oxygen atoms in total. The molecule has 0 N–H and O–H groups in total. The van der Waals surface area contributed by atoms with Gasteiger partial charge in [-0.25, -0.2) is 9.24 Å². The van der Waals surface area contributed by atoms with E-state index in [1.165, 1.54) is 13.2 Å². The van der Waals surface area contributed by atoms with Crippen molar-refractivity contribution in [3.05, 3.63) is 41.0 Å². The molecule has 3 heteroatoms. The normalized spacial score (nSPS) is 9.42. The van der Waals surface area contributed by atoms with Gasteiger partial charge in [0.1, 0.15) is 5.82 Å². The van der Waals surface area contributed by atoms with Crippen LogP contribution in [0.4, 0.5) is 10.1 Å². The maximum absolute atomic E-state index is 13.0. The summed E-state index contributed by atoms with van der Waals surface area (Å²) in [5.74, 6) is -0.384. The van der Waals surface area contributed by atoms with E-state index in [0.29, 0.717) is 11.3 Å². The zero-order chi connectivity index (χ0) is 8.97. The summed E-state index contributed by atoms with van der Waals surface area (Å²) in [5, 5.41) is 0. The molecule has 0 unspecified atom stereocenters. The van der Waals surface area contributed by atoms with E-state index in [1.807, 2.05) is 0 Å². The minimum atomic E-state index is -0.384. The lowest BCUT2D eigenvalue weighted by Crippen LogP contribution is -1.91. The molecule has 0 bridgehead atoms. The van der Waals surface area contributed by atoms with Gasteiger partial charge in [0.2, 0.25) is 0 Å². The van der Waals surface area contributed by atoms with Crippen LogP contribution in [0.3, 0.4) is 0 Å². The Balaban J connectivity index is 2.97. The Morgan fingerprint density at radius 2 is 2.33 bits per heavy atom. The molecule has 1 aromatic rings. The lowest BCUT2D eigenvalue weighted by Gasteiger charge is -2.00. The molecule has 0 radical (unpaired) electrons. The van der Waals surface area contributed by atoms with Crippen LogP contribution in [0.2, 0.25) is 0 Å². The summed E-state index contributed by atoms with van der Waals surface area (Å²) in [6.45, 7) is 6.88. The average Bonchev–Trinajstić information content (AvgIpc) is 2.09. The van der Waals surface area contributed by atoms with Crippen molar-refractivity contribution in [3.63, 3.8) is 0 Å². The highest BCUT2D eigenvalue weighted by molar-refractivity contribution is 5.45. The van der Waals surface area contributed by atoms with Crippen molar-refractivity contribution in [1.29, 1.82) is 0 Å². The predicted octanol–water partition coefficient (Wildman–Crippen LogP) is 2.52. The van der Waals surface area contributed by atoms with E-state index < -0.39 is 0 Å². The van der Waals surface area contributed by atoms with Gasteiger partial charge in [-0.2, -0.15) is 0 Å². The number of rotatable bonds is 2. The fourth-order valence-corrected chi connectivity index (χ4v) is 0.878. The maximum Gasteiger partial charge on any atom is 0.190 e. The van der Waals surface area contributed by atoms with Crippen molar-refractivity contribution < 1.29 is 9.13 Å². The molecule has 0 spiro atoms. The highest BCUT2D eigenvalue weighted by Crippen LogP contribution is 2.17. The fourth-order valence-electron chi connectivity index (χ4n) is 0.878. The summed E-state index contributed by atoms with van der Waals surface area (Å²) in [7, 11) is 1.50. The predicted molar refractivity (Wildman–Crippen MR) is 43.4 cm³/mol. The summed E-state index contributed by atoms with van der Waals surface area (Å²) >= 11 is 0. The van der Waals surface area contributed by atoms with Crippen LogP contribution in [0.25, 0.3) is 4.85 Å². The van der Waals surface area contributed by atoms with Gasteiger partial charge >= 0.3 is 0 Å². The topological polar surface area (TPSA) is 13.6 Å². The zero-order valence-electron chi connectivity index (χ0n) is 6.67. The third kappa shape index (κ3) is 1.80. The van der Waals surface area contributed by atoms with Gasteiger partial charge in [0, 0.05) is 12.7 Å². The minimum Gasteiger partial charge on any atom is -0.380 e. The lowest BCUT2D eigenvalue weighted by atomic mass is 10.2. The molecular weight excluding hydrogens is 157 g/mol. The van der Waals surface area contributed by atoms with Gasteiger partial charge in [-0.05, 0) is 6.07 Å². The van der Waals surface area contributed by atoms with E-state index >= 15 is 0 Å². The number of hydrogen-bond donors (Lipinski definition) is 0. The molecule has 0 aliphatic rings. The summed E-state index contributed by atoms with van der Waals surface area (Å²) in [6.07, 6.45) is 0. The molecule has 1 aromatic carbocycles. The van der Waals surface area contributed by atoms with Crippen LogP contribution in [0.15, 0.2) is 18.2 Å². The first-order valence-electron chi connectivity index (χ1n) is 3.42. The third-order valence-electron chi connectivity index (χ3n) is 1.47. The molecule has 0 fully saturated rings. The van der Waals surface area contributed by atoms with E-state index in [4.69, 9.17) is 11.3 Å². The quantitative estimate of drug-likeness (QED) is 0.614. The monoisotopic (exact) mass is 165 g/mol.